The highest BCUT2D eigenvalue weighted by molar-refractivity contribution is 7.98. The first-order valence-corrected chi connectivity index (χ1v) is 7.37. The Balaban J connectivity index is 1.80. The van der Waals surface area contributed by atoms with Crippen molar-refractivity contribution in [3.63, 3.8) is 0 Å². The second kappa shape index (κ2) is 6.10. The topological polar surface area (TPSA) is 17.8 Å². The van der Waals surface area contributed by atoms with Gasteiger partial charge in [0.25, 0.3) is 0 Å². The third-order valence-corrected chi connectivity index (χ3v) is 3.99. The minimum absolute atomic E-state index is 0.249. The van der Waals surface area contributed by atoms with Crippen LogP contribution in [0.2, 0.25) is 0 Å². The fourth-order valence-corrected chi connectivity index (χ4v) is 2.91. The average Bonchev–Trinajstić information content (AvgIpc) is 2.94. The Kier molecular flexibility index (Phi) is 4.01. The van der Waals surface area contributed by atoms with Crippen molar-refractivity contribution in [2.75, 3.05) is 0 Å². The lowest BCUT2D eigenvalue weighted by Crippen LogP contribution is -1.96. The molecule has 0 bridgehead atoms. The summed E-state index contributed by atoms with van der Waals surface area (Å²) in [5.41, 5.74) is 1.60. The smallest absolute Gasteiger partial charge is 0.172 e. The summed E-state index contributed by atoms with van der Waals surface area (Å²) in [4.78, 5) is 4.27. The van der Waals surface area contributed by atoms with Crippen molar-refractivity contribution in [3.8, 4) is 5.69 Å². The molecule has 21 heavy (non-hydrogen) atoms. The molecule has 0 atom stereocenters. The Hall–Kier alpha value is -2.14. The molecule has 0 radical (unpaired) electrons. The van der Waals surface area contributed by atoms with E-state index < -0.39 is 0 Å². The maximum Gasteiger partial charge on any atom is 0.172 e. The summed E-state index contributed by atoms with van der Waals surface area (Å²) in [6.45, 7) is 0. The van der Waals surface area contributed by atoms with Crippen LogP contribution in [-0.2, 0) is 5.75 Å². The van der Waals surface area contributed by atoms with Crippen LogP contribution >= 0.6 is 11.8 Å². The fourth-order valence-electron chi connectivity index (χ4n) is 1.99. The van der Waals surface area contributed by atoms with Crippen molar-refractivity contribution in [1.82, 2.24) is 9.55 Å². The van der Waals surface area contributed by atoms with E-state index in [2.05, 4.69) is 4.98 Å². The number of rotatable bonds is 4. The second-order valence-corrected chi connectivity index (χ2v) is 5.42. The van der Waals surface area contributed by atoms with Crippen LogP contribution in [0.25, 0.3) is 5.69 Å². The zero-order chi connectivity index (χ0) is 14.7. The minimum Gasteiger partial charge on any atom is -0.295 e. The number of aromatic nitrogens is 2. The molecule has 0 N–H and O–H groups in total. The number of nitrogens with zero attached hydrogens (tertiary/aromatic N) is 2. The molecule has 0 aliphatic rings. The molecule has 3 rings (SSSR count). The molecular formula is C16H12F2N2S. The van der Waals surface area contributed by atoms with Crippen LogP contribution in [0, 0.1) is 11.6 Å². The molecule has 0 fully saturated rings. The molecule has 0 saturated carbocycles. The standard InChI is InChI=1S/C16H12F2N2S/c17-13-4-1-3-12(9-13)11-21-16-19-7-8-20(16)15-6-2-5-14(18)10-15/h1-10H,11H2. The third-order valence-electron chi connectivity index (χ3n) is 2.95. The largest absolute Gasteiger partial charge is 0.295 e. The lowest BCUT2D eigenvalue weighted by molar-refractivity contribution is 0.625. The van der Waals surface area contributed by atoms with E-state index in [1.165, 1.54) is 36.0 Å². The van der Waals surface area contributed by atoms with Crippen LogP contribution in [0.5, 0.6) is 0 Å². The van der Waals surface area contributed by atoms with Crippen LogP contribution < -0.4 is 0 Å². The third kappa shape index (κ3) is 3.31. The SMILES string of the molecule is Fc1cccc(CSc2nccn2-c2cccc(F)c2)c1. The molecule has 3 aromatic rings. The van der Waals surface area contributed by atoms with E-state index in [0.29, 0.717) is 11.4 Å². The summed E-state index contributed by atoms with van der Waals surface area (Å²) in [5, 5.41) is 0.741. The van der Waals surface area contributed by atoms with E-state index >= 15 is 0 Å². The van der Waals surface area contributed by atoms with Gasteiger partial charge < -0.3 is 0 Å². The summed E-state index contributed by atoms with van der Waals surface area (Å²) in [6.07, 6.45) is 3.45. The Bertz CT molecular complexity index is 755. The highest BCUT2D eigenvalue weighted by atomic mass is 32.2. The first-order valence-electron chi connectivity index (χ1n) is 6.39. The Morgan fingerprint density at radius 3 is 2.52 bits per heavy atom. The number of benzene rings is 2. The lowest BCUT2D eigenvalue weighted by Gasteiger charge is -2.07. The molecule has 0 aliphatic carbocycles. The van der Waals surface area contributed by atoms with Crippen molar-refractivity contribution in [1.29, 1.82) is 0 Å². The van der Waals surface area contributed by atoms with E-state index in [1.807, 2.05) is 16.7 Å². The normalized spacial score (nSPS) is 10.8. The molecule has 0 saturated heterocycles. The predicted octanol–water partition coefficient (Wildman–Crippen LogP) is 4.44. The number of thioether (sulfide) groups is 1. The molecule has 1 heterocycles. The molecule has 5 heteroatoms. The zero-order valence-electron chi connectivity index (χ0n) is 11.0. The summed E-state index contributed by atoms with van der Waals surface area (Å²) in [5.74, 6) is 0.0632. The van der Waals surface area contributed by atoms with Crippen molar-refractivity contribution in [2.45, 2.75) is 10.9 Å². The van der Waals surface area contributed by atoms with Crippen LogP contribution in [0.3, 0.4) is 0 Å². The molecule has 1 aromatic heterocycles. The van der Waals surface area contributed by atoms with E-state index in [9.17, 15) is 8.78 Å². The van der Waals surface area contributed by atoms with Crippen molar-refractivity contribution in [2.24, 2.45) is 0 Å². The molecule has 0 amide bonds. The van der Waals surface area contributed by atoms with Crippen LogP contribution in [-0.4, -0.2) is 9.55 Å². The second-order valence-electron chi connectivity index (χ2n) is 4.48. The summed E-state index contributed by atoms with van der Waals surface area (Å²) >= 11 is 1.48. The Morgan fingerprint density at radius 2 is 1.76 bits per heavy atom. The van der Waals surface area contributed by atoms with Crippen molar-refractivity contribution >= 4 is 11.8 Å². The van der Waals surface area contributed by atoms with Gasteiger partial charge in [0, 0.05) is 18.1 Å². The molecule has 106 valence electrons. The quantitative estimate of drug-likeness (QED) is 0.663. The molecule has 0 unspecified atom stereocenters. The maximum absolute atomic E-state index is 13.3. The van der Waals surface area contributed by atoms with Gasteiger partial charge in [0.1, 0.15) is 11.6 Å². The van der Waals surface area contributed by atoms with Gasteiger partial charge in [-0.15, -0.1) is 0 Å². The Labute approximate surface area is 125 Å². The zero-order valence-corrected chi connectivity index (χ0v) is 11.9. The number of hydrogen-bond donors (Lipinski definition) is 0. The van der Waals surface area contributed by atoms with Gasteiger partial charge in [-0.2, -0.15) is 0 Å². The molecule has 2 aromatic carbocycles. The predicted molar refractivity (Wildman–Crippen MR) is 79.5 cm³/mol. The van der Waals surface area contributed by atoms with Crippen molar-refractivity contribution in [3.05, 3.63) is 78.1 Å². The maximum atomic E-state index is 13.3. The van der Waals surface area contributed by atoms with Gasteiger partial charge in [0.2, 0.25) is 0 Å². The minimum atomic E-state index is -0.290. The van der Waals surface area contributed by atoms with Crippen LogP contribution in [0.4, 0.5) is 8.78 Å². The van der Waals surface area contributed by atoms with Gasteiger partial charge in [-0.1, -0.05) is 30.0 Å². The van der Waals surface area contributed by atoms with Crippen LogP contribution in [0.15, 0.2) is 66.1 Å². The summed E-state index contributed by atoms with van der Waals surface area (Å²) in [7, 11) is 0. The van der Waals surface area contributed by atoms with Crippen molar-refractivity contribution < 1.29 is 8.78 Å². The van der Waals surface area contributed by atoms with E-state index in [1.54, 1.807) is 24.5 Å². The van der Waals surface area contributed by atoms with Gasteiger partial charge in [-0.25, -0.2) is 13.8 Å². The molecule has 0 aliphatic heterocycles. The van der Waals surface area contributed by atoms with Gasteiger partial charge in [-0.3, -0.25) is 4.57 Å². The molecule has 2 nitrogen and oxygen atoms in total. The first-order chi connectivity index (χ1) is 10.2. The first kappa shape index (κ1) is 13.8. The van der Waals surface area contributed by atoms with Gasteiger partial charge >= 0.3 is 0 Å². The Morgan fingerprint density at radius 1 is 1.00 bits per heavy atom. The molecular weight excluding hydrogens is 290 g/mol. The monoisotopic (exact) mass is 302 g/mol. The molecule has 0 spiro atoms. The average molecular weight is 302 g/mol. The number of hydrogen-bond acceptors (Lipinski definition) is 2. The lowest BCUT2D eigenvalue weighted by atomic mass is 10.2. The van der Waals surface area contributed by atoms with Gasteiger partial charge in [-0.05, 0) is 35.9 Å². The number of imidazole rings is 1. The van der Waals surface area contributed by atoms with E-state index in [0.717, 1.165) is 10.7 Å². The highest BCUT2D eigenvalue weighted by Crippen LogP contribution is 2.24. The van der Waals surface area contributed by atoms with Gasteiger partial charge in [0.15, 0.2) is 5.16 Å². The number of halogens is 2. The van der Waals surface area contributed by atoms with E-state index in [-0.39, 0.29) is 11.6 Å². The fraction of sp³-hybridized carbons (Fsp3) is 0.0625. The van der Waals surface area contributed by atoms with Gasteiger partial charge in [0.05, 0.1) is 5.69 Å². The van der Waals surface area contributed by atoms with E-state index in [4.69, 9.17) is 0 Å². The highest BCUT2D eigenvalue weighted by Gasteiger charge is 2.07. The summed E-state index contributed by atoms with van der Waals surface area (Å²) in [6, 6.07) is 12.8. The van der Waals surface area contributed by atoms with Crippen LogP contribution in [0.1, 0.15) is 5.56 Å². The summed E-state index contributed by atoms with van der Waals surface area (Å²) < 4.78 is 28.3.